The van der Waals surface area contributed by atoms with Crippen LogP contribution >= 0.6 is 22.6 Å². The lowest BCUT2D eigenvalue weighted by molar-refractivity contribution is 0.184. The van der Waals surface area contributed by atoms with E-state index < -0.39 is 6.10 Å². The molecule has 0 fully saturated rings. The molecule has 0 aliphatic rings. The van der Waals surface area contributed by atoms with Crippen LogP contribution in [0.3, 0.4) is 0 Å². The van der Waals surface area contributed by atoms with Gasteiger partial charge in [-0.25, -0.2) is 0 Å². The van der Waals surface area contributed by atoms with Gasteiger partial charge >= 0.3 is 0 Å². The molecule has 1 N–H and O–H groups in total. The second-order valence-electron chi connectivity index (χ2n) is 2.90. The van der Waals surface area contributed by atoms with Gasteiger partial charge in [0, 0.05) is 3.92 Å². The zero-order chi connectivity index (χ0) is 9.84. The van der Waals surface area contributed by atoms with Crippen LogP contribution in [-0.4, -0.2) is 16.1 Å². The van der Waals surface area contributed by atoms with Gasteiger partial charge in [0.1, 0.15) is 5.75 Å². The zero-order valence-corrected chi connectivity index (χ0v) is 9.86. The lowest BCUT2D eigenvalue weighted by Gasteiger charge is -2.13. The maximum Gasteiger partial charge on any atom is 0.118 e. The van der Waals surface area contributed by atoms with Crippen molar-refractivity contribution < 1.29 is 9.84 Å². The van der Waals surface area contributed by atoms with E-state index in [9.17, 15) is 5.11 Å². The summed E-state index contributed by atoms with van der Waals surface area (Å²) in [5, 5.41) is 9.71. The Morgan fingerprint density at radius 1 is 1.31 bits per heavy atom. The quantitative estimate of drug-likeness (QED) is 0.685. The number of rotatable bonds is 3. The SMILES string of the molecule is COc1ccc(C(O)C(C)I)cc1. The van der Waals surface area contributed by atoms with Crippen LogP contribution in [0.5, 0.6) is 5.75 Å². The van der Waals surface area contributed by atoms with Gasteiger partial charge in [0.25, 0.3) is 0 Å². The molecule has 0 heterocycles. The van der Waals surface area contributed by atoms with E-state index in [0.29, 0.717) is 0 Å². The van der Waals surface area contributed by atoms with Gasteiger partial charge in [-0.2, -0.15) is 0 Å². The summed E-state index contributed by atoms with van der Waals surface area (Å²) in [4.78, 5) is 0. The third kappa shape index (κ3) is 2.84. The summed E-state index contributed by atoms with van der Waals surface area (Å²) in [6, 6.07) is 7.49. The first kappa shape index (κ1) is 10.8. The monoisotopic (exact) mass is 292 g/mol. The lowest BCUT2D eigenvalue weighted by atomic mass is 10.1. The van der Waals surface area contributed by atoms with Crippen LogP contribution < -0.4 is 4.74 Å². The molecule has 0 spiro atoms. The molecule has 3 heteroatoms. The highest BCUT2D eigenvalue weighted by Gasteiger charge is 2.12. The van der Waals surface area contributed by atoms with Gasteiger partial charge in [0.15, 0.2) is 0 Å². The van der Waals surface area contributed by atoms with Gasteiger partial charge in [0.05, 0.1) is 13.2 Å². The molecule has 1 aromatic carbocycles. The summed E-state index contributed by atoms with van der Waals surface area (Å²) < 4.78 is 5.24. The van der Waals surface area contributed by atoms with Crippen molar-refractivity contribution in [1.82, 2.24) is 0 Å². The minimum atomic E-state index is -0.397. The molecule has 2 nitrogen and oxygen atoms in total. The smallest absolute Gasteiger partial charge is 0.118 e. The van der Waals surface area contributed by atoms with Crippen LogP contribution in [0.4, 0.5) is 0 Å². The van der Waals surface area contributed by atoms with Gasteiger partial charge < -0.3 is 9.84 Å². The topological polar surface area (TPSA) is 29.5 Å². The molecule has 0 bridgehead atoms. The Morgan fingerprint density at radius 2 is 1.85 bits per heavy atom. The molecule has 1 aromatic rings. The van der Waals surface area contributed by atoms with Crippen LogP contribution in [0.15, 0.2) is 24.3 Å². The number of hydrogen-bond acceptors (Lipinski definition) is 2. The van der Waals surface area contributed by atoms with Crippen molar-refractivity contribution >= 4 is 22.6 Å². The Kier molecular flexibility index (Phi) is 3.99. The predicted octanol–water partition coefficient (Wildman–Crippen LogP) is 2.55. The van der Waals surface area contributed by atoms with E-state index in [-0.39, 0.29) is 3.92 Å². The van der Waals surface area contributed by atoms with E-state index in [1.54, 1.807) is 7.11 Å². The molecular weight excluding hydrogens is 279 g/mol. The number of methoxy groups -OCH3 is 1. The van der Waals surface area contributed by atoms with Gasteiger partial charge in [-0.3, -0.25) is 0 Å². The zero-order valence-electron chi connectivity index (χ0n) is 7.70. The number of ether oxygens (including phenoxy) is 1. The maximum atomic E-state index is 9.71. The summed E-state index contributed by atoms with van der Waals surface area (Å²) in [7, 11) is 1.63. The molecule has 0 aliphatic carbocycles. The summed E-state index contributed by atoms with van der Waals surface area (Å²) in [6.07, 6.45) is -0.397. The fourth-order valence-electron chi connectivity index (χ4n) is 1.07. The number of aliphatic hydroxyl groups is 1. The first-order valence-electron chi connectivity index (χ1n) is 4.11. The van der Waals surface area contributed by atoms with Gasteiger partial charge in [-0.15, -0.1) is 0 Å². The summed E-state index contributed by atoms with van der Waals surface area (Å²) in [5.41, 5.74) is 0.933. The third-order valence-corrected chi connectivity index (χ3v) is 2.57. The average Bonchev–Trinajstić information content (AvgIpc) is 2.17. The Morgan fingerprint density at radius 3 is 2.23 bits per heavy atom. The van der Waals surface area contributed by atoms with E-state index in [2.05, 4.69) is 22.6 Å². The number of hydrogen-bond donors (Lipinski definition) is 1. The Labute approximate surface area is 92.1 Å². The van der Waals surface area contributed by atoms with Crippen molar-refractivity contribution in [2.45, 2.75) is 17.0 Å². The lowest BCUT2D eigenvalue weighted by Crippen LogP contribution is -2.07. The van der Waals surface area contributed by atoms with Crippen LogP contribution in [0.25, 0.3) is 0 Å². The number of benzene rings is 1. The molecule has 0 radical (unpaired) electrons. The molecule has 0 saturated carbocycles. The highest BCUT2D eigenvalue weighted by molar-refractivity contribution is 14.1. The molecule has 2 unspecified atom stereocenters. The first-order chi connectivity index (χ1) is 6.15. The van der Waals surface area contributed by atoms with Crippen LogP contribution in [0.2, 0.25) is 0 Å². The maximum absolute atomic E-state index is 9.71. The minimum absolute atomic E-state index is 0.214. The number of alkyl halides is 1. The largest absolute Gasteiger partial charge is 0.497 e. The molecule has 1 rings (SSSR count). The van der Waals surface area contributed by atoms with Crippen molar-refractivity contribution in [3.63, 3.8) is 0 Å². The molecule has 72 valence electrons. The number of halogens is 1. The Balaban J connectivity index is 2.79. The molecule has 13 heavy (non-hydrogen) atoms. The fraction of sp³-hybridized carbons (Fsp3) is 0.400. The standard InChI is InChI=1S/C10H13IO2/c1-7(11)10(12)8-3-5-9(13-2)6-4-8/h3-7,10,12H,1-2H3. The van der Waals surface area contributed by atoms with Crippen molar-refractivity contribution in [2.75, 3.05) is 7.11 Å². The fourth-order valence-corrected chi connectivity index (χ4v) is 1.48. The summed E-state index contributed by atoms with van der Waals surface area (Å²) in [5.74, 6) is 0.817. The Hall–Kier alpha value is -0.290. The van der Waals surface area contributed by atoms with Crippen molar-refractivity contribution in [1.29, 1.82) is 0 Å². The van der Waals surface area contributed by atoms with Gasteiger partial charge in [-0.1, -0.05) is 41.6 Å². The first-order valence-corrected chi connectivity index (χ1v) is 5.36. The summed E-state index contributed by atoms with van der Waals surface area (Å²) in [6.45, 7) is 1.98. The highest BCUT2D eigenvalue weighted by atomic mass is 127. The second kappa shape index (κ2) is 4.81. The van der Waals surface area contributed by atoms with Crippen LogP contribution in [-0.2, 0) is 0 Å². The van der Waals surface area contributed by atoms with Gasteiger partial charge in [0.2, 0.25) is 0 Å². The average molecular weight is 292 g/mol. The molecule has 0 aliphatic heterocycles. The molecule has 0 saturated heterocycles. The molecule has 0 aromatic heterocycles. The third-order valence-electron chi connectivity index (χ3n) is 1.89. The minimum Gasteiger partial charge on any atom is -0.497 e. The van der Waals surface area contributed by atoms with Crippen LogP contribution in [0, 0.1) is 0 Å². The van der Waals surface area contributed by atoms with E-state index in [1.165, 1.54) is 0 Å². The normalized spacial score (nSPS) is 15.1. The highest BCUT2D eigenvalue weighted by Crippen LogP contribution is 2.23. The van der Waals surface area contributed by atoms with E-state index >= 15 is 0 Å². The molecule has 2 atom stereocenters. The van der Waals surface area contributed by atoms with Crippen molar-refractivity contribution in [2.24, 2.45) is 0 Å². The van der Waals surface area contributed by atoms with Crippen LogP contribution in [0.1, 0.15) is 18.6 Å². The van der Waals surface area contributed by atoms with Crippen molar-refractivity contribution in [3.05, 3.63) is 29.8 Å². The second-order valence-corrected chi connectivity index (χ2v) is 4.86. The van der Waals surface area contributed by atoms with E-state index in [4.69, 9.17) is 4.74 Å². The summed E-state index contributed by atoms with van der Waals surface area (Å²) >= 11 is 2.21. The molecule has 0 amide bonds. The van der Waals surface area contributed by atoms with E-state index in [1.807, 2.05) is 31.2 Å². The molecular formula is C10H13IO2. The van der Waals surface area contributed by atoms with Crippen molar-refractivity contribution in [3.8, 4) is 5.75 Å². The Bertz CT molecular complexity index is 256. The van der Waals surface area contributed by atoms with Gasteiger partial charge in [-0.05, 0) is 17.7 Å². The predicted molar refractivity (Wildman–Crippen MR) is 61.4 cm³/mol. The number of aliphatic hydroxyl groups excluding tert-OH is 1. The van der Waals surface area contributed by atoms with E-state index in [0.717, 1.165) is 11.3 Å².